The number of aromatic nitrogens is 3. The zero-order valence-corrected chi connectivity index (χ0v) is 13.6. The van der Waals surface area contributed by atoms with Crippen LogP contribution in [0, 0.1) is 0 Å². The molecule has 23 heavy (non-hydrogen) atoms. The maximum absolute atomic E-state index is 5.90. The van der Waals surface area contributed by atoms with E-state index in [0.717, 1.165) is 23.6 Å². The maximum atomic E-state index is 5.90. The van der Waals surface area contributed by atoms with E-state index in [1.807, 2.05) is 51.2 Å². The Morgan fingerprint density at radius 2 is 2.00 bits per heavy atom. The average Bonchev–Trinajstić information content (AvgIpc) is 3.24. The van der Waals surface area contributed by atoms with Crippen LogP contribution in [0.5, 0.6) is 0 Å². The van der Waals surface area contributed by atoms with Crippen molar-refractivity contribution in [1.82, 2.24) is 20.0 Å². The molecule has 0 unspecified atom stereocenters. The fourth-order valence-electron chi connectivity index (χ4n) is 2.25. The van der Waals surface area contributed by atoms with Crippen molar-refractivity contribution < 1.29 is 8.94 Å². The minimum absolute atomic E-state index is 0.00411. The van der Waals surface area contributed by atoms with Gasteiger partial charge in [-0.15, -0.1) is 0 Å². The summed E-state index contributed by atoms with van der Waals surface area (Å²) in [5.74, 6) is 2.77. The Kier molecular flexibility index (Phi) is 4.52. The fourth-order valence-corrected chi connectivity index (χ4v) is 2.25. The first-order valence-electron chi connectivity index (χ1n) is 7.70. The van der Waals surface area contributed by atoms with Crippen molar-refractivity contribution in [3.8, 4) is 11.3 Å². The predicted molar refractivity (Wildman–Crippen MR) is 85.5 cm³/mol. The molecule has 0 aliphatic carbocycles. The number of rotatable bonds is 6. The van der Waals surface area contributed by atoms with Gasteiger partial charge in [0.05, 0.1) is 18.8 Å². The molecular formula is C17H20N4O2. The van der Waals surface area contributed by atoms with E-state index in [2.05, 4.69) is 20.0 Å². The fraction of sp³-hybridized carbons (Fsp3) is 0.353. The summed E-state index contributed by atoms with van der Waals surface area (Å²) in [6, 6.07) is 9.95. The van der Waals surface area contributed by atoms with Crippen molar-refractivity contribution in [2.45, 2.75) is 32.9 Å². The summed E-state index contributed by atoms with van der Waals surface area (Å²) < 4.78 is 11.1. The van der Waals surface area contributed by atoms with Gasteiger partial charge >= 0.3 is 0 Å². The molecule has 1 atom stereocenters. The van der Waals surface area contributed by atoms with Gasteiger partial charge in [0.1, 0.15) is 0 Å². The molecule has 2 aromatic heterocycles. The minimum Gasteiger partial charge on any atom is -0.439 e. The molecule has 0 saturated heterocycles. The first-order chi connectivity index (χ1) is 11.2. The number of hydrogen-bond donors (Lipinski definition) is 0. The lowest BCUT2D eigenvalue weighted by molar-refractivity contribution is 0.191. The van der Waals surface area contributed by atoms with Crippen molar-refractivity contribution in [2.75, 3.05) is 7.05 Å². The molecule has 3 aromatic rings. The lowest BCUT2D eigenvalue weighted by atomic mass is 10.2. The highest BCUT2D eigenvalue weighted by Gasteiger charge is 2.20. The zero-order valence-electron chi connectivity index (χ0n) is 13.6. The Labute approximate surface area is 135 Å². The molecule has 120 valence electrons. The van der Waals surface area contributed by atoms with Gasteiger partial charge in [0.25, 0.3) is 0 Å². The molecule has 6 heteroatoms. The van der Waals surface area contributed by atoms with Gasteiger partial charge in [-0.25, -0.2) is 4.98 Å². The molecule has 1 aromatic carbocycles. The monoisotopic (exact) mass is 312 g/mol. The smallest absolute Gasteiger partial charge is 0.240 e. The van der Waals surface area contributed by atoms with Crippen LogP contribution in [0.2, 0.25) is 0 Å². The number of oxazole rings is 1. The van der Waals surface area contributed by atoms with Gasteiger partial charge in [-0.1, -0.05) is 42.4 Å². The van der Waals surface area contributed by atoms with Crippen LogP contribution in [0.1, 0.15) is 37.5 Å². The zero-order chi connectivity index (χ0) is 16.2. The van der Waals surface area contributed by atoms with Crippen LogP contribution in [0.3, 0.4) is 0 Å². The molecule has 0 aliphatic heterocycles. The molecule has 0 N–H and O–H groups in total. The molecule has 0 aliphatic rings. The molecule has 0 saturated carbocycles. The average molecular weight is 312 g/mol. The molecular weight excluding hydrogens is 292 g/mol. The van der Waals surface area contributed by atoms with Crippen LogP contribution in [0.25, 0.3) is 11.3 Å². The normalized spacial score (nSPS) is 12.7. The van der Waals surface area contributed by atoms with E-state index >= 15 is 0 Å². The van der Waals surface area contributed by atoms with Crippen LogP contribution in [0.15, 0.2) is 45.5 Å². The molecule has 0 spiro atoms. The topological polar surface area (TPSA) is 68.2 Å². The van der Waals surface area contributed by atoms with Crippen molar-refractivity contribution in [2.24, 2.45) is 0 Å². The first-order valence-corrected chi connectivity index (χ1v) is 7.70. The highest BCUT2D eigenvalue weighted by molar-refractivity contribution is 5.55. The van der Waals surface area contributed by atoms with Gasteiger partial charge < -0.3 is 8.94 Å². The number of aryl methyl sites for hydroxylation is 1. The van der Waals surface area contributed by atoms with Gasteiger partial charge in [-0.2, -0.15) is 4.98 Å². The Morgan fingerprint density at radius 1 is 1.22 bits per heavy atom. The van der Waals surface area contributed by atoms with E-state index in [9.17, 15) is 0 Å². The van der Waals surface area contributed by atoms with Crippen LogP contribution in [0.4, 0.5) is 0 Å². The lowest BCUT2D eigenvalue weighted by Crippen LogP contribution is -2.22. The second-order valence-electron chi connectivity index (χ2n) is 5.48. The number of benzene rings is 1. The van der Waals surface area contributed by atoms with E-state index in [1.54, 1.807) is 6.20 Å². The third-order valence-electron chi connectivity index (χ3n) is 3.81. The van der Waals surface area contributed by atoms with Crippen LogP contribution in [-0.4, -0.2) is 27.1 Å². The van der Waals surface area contributed by atoms with E-state index in [0.29, 0.717) is 18.3 Å². The number of nitrogens with zero attached hydrogens (tertiary/aromatic N) is 4. The maximum Gasteiger partial charge on any atom is 0.240 e. The molecule has 2 heterocycles. The van der Waals surface area contributed by atoms with E-state index in [4.69, 9.17) is 8.94 Å². The summed E-state index contributed by atoms with van der Waals surface area (Å²) in [5.41, 5.74) is 1.02. The van der Waals surface area contributed by atoms with Crippen molar-refractivity contribution in [3.05, 3.63) is 54.1 Å². The highest BCUT2D eigenvalue weighted by atomic mass is 16.5. The van der Waals surface area contributed by atoms with Gasteiger partial charge in [0, 0.05) is 12.0 Å². The van der Waals surface area contributed by atoms with Gasteiger partial charge in [0.2, 0.25) is 11.8 Å². The van der Waals surface area contributed by atoms with E-state index < -0.39 is 0 Å². The van der Waals surface area contributed by atoms with Gasteiger partial charge in [-0.3, -0.25) is 4.90 Å². The Bertz CT molecular complexity index is 751. The van der Waals surface area contributed by atoms with Crippen LogP contribution < -0.4 is 0 Å². The Balaban J connectivity index is 1.70. The molecule has 0 amide bonds. The van der Waals surface area contributed by atoms with Gasteiger partial charge in [0.15, 0.2) is 11.6 Å². The molecule has 6 nitrogen and oxygen atoms in total. The van der Waals surface area contributed by atoms with Crippen molar-refractivity contribution in [1.29, 1.82) is 0 Å². The van der Waals surface area contributed by atoms with Crippen LogP contribution >= 0.6 is 0 Å². The van der Waals surface area contributed by atoms with E-state index in [-0.39, 0.29) is 6.04 Å². The van der Waals surface area contributed by atoms with Gasteiger partial charge in [-0.05, 0) is 14.0 Å². The quantitative estimate of drug-likeness (QED) is 0.694. The molecule has 0 fully saturated rings. The summed E-state index contributed by atoms with van der Waals surface area (Å²) in [5, 5.41) is 3.91. The number of hydrogen-bond acceptors (Lipinski definition) is 6. The third kappa shape index (κ3) is 3.48. The molecule has 0 radical (unpaired) electrons. The second-order valence-corrected chi connectivity index (χ2v) is 5.48. The van der Waals surface area contributed by atoms with Crippen molar-refractivity contribution in [3.63, 3.8) is 0 Å². The standard InChI is InChI=1S/C17H20N4O2/c1-4-15-19-16(23-20-15)11-21(3)12(2)17-18-10-14(22-17)13-8-6-5-7-9-13/h5-10,12H,4,11H2,1-3H3/t12-/m0/s1. The van der Waals surface area contributed by atoms with Crippen LogP contribution in [-0.2, 0) is 13.0 Å². The van der Waals surface area contributed by atoms with Crippen molar-refractivity contribution >= 4 is 0 Å². The SMILES string of the molecule is CCc1noc(CN(C)[C@@H](C)c2ncc(-c3ccccc3)o2)n1. The summed E-state index contributed by atoms with van der Waals surface area (Å²) in [4.78, 5) is 10.8. The summed E-state index contributed by atoms with van der Waals surface area (Å²) >= 11 is 0. The summed E-state index contributed by atoms with van der Waals surface area (Å²) in [6.45, 7) is 4.59. The van der Waals surface area contributed by atoms with E-state index in [1.165, 1.54) is 0 Å². The Morgan fingerprint density at radius 3 is 2.70 bits per heavy atom. The largest absolute Gasteiger partial charge is 0.439 e. The molecule has 0 bridgehead atoms. The third-order valence-corrected chi connectivity index (χ3v) is 3.81. The minimum atomic E-state index is 0.00411. The Hall–Kier alpha value is -2.47. The summed E-state index contributed by atoms with van der Waals surface area (Å²) in [7, 11) is 1.98. The lowest BCUT2D eigenvalue weighted by Gasteiger charge is -2.19. The summed E-state index contributed by atoms with van der Waals surface area (Å²) in [6.07, 6.45) is 2.53. The second kappa shape index (κ2) is 6.75. The molecule has 3 rings (SSSR count). The first kappa shape index (κ1) is 15.4. The predicted octanol–water partition coefficient (Wildman–Crippen LogP) is 3.48. The highest BCUT2D eigenvalue weighted by Crippen LogP contribution is 2.25.